The highest BCUT2D eigenvalue weighted by atomic mass is 32.2. The van der Waals surface area contributed by atoms with Crippen molar-refractivity contribution in [1.82, 2.24) is 4.72 Å². The van der Waals surface area contributed by atoms with Crippen LogP contribution in [0.3, 0.4) is 0 Å². The van der Waals surface area contributed by atoms with Crippen molar-refractivity contribution in [3.05, 3.63) is 70.8 Å². The number of nitrogens with one attached hydrogen (secondary N) is 1. The molecule has 0 saturated carbocycles. The topological polar surface area (TPSA) is 47.3 Å². The van der Waals surface area contributed by atoms with Gasteiger partial charge >= 0.3 is 0 Å². The predicted molar refractivity (Wildman–Crippen MR) is 74.2 cm³/mol. The van der Waals surface area contributed by atoms with Crippen LogP contribution in [0.25, 0.3) is 0 Å². The van der Waals surface area contributed by atoms with Crippen molar-refractivity contribution in [2.75, 3.05) is 0 Å². The molecule has 1 aliphatic carbocycles. The summed E-state index contributed by atoms with van der Waals surface area (Å²) in [7, 11) is 0. The van der Waals surface area contributed by atoms with Gasteiger partial charge in [0.1, 0.15) is 0 Å². The van der Waals surface area contributed by atoms with Crippen molar-refractivity contribution in [3.63, 3.8) is 0 Å². The van der Waals surface area contributed by atoms with Gasteiger partial charge in [-0.3, -0.25) is 5.73 Å². The maximum atomic E-state index is 6.32. The van der Waals surface area contributed by atoms with Gasteiger partial charge in [0.25, 0.3) is 0 Å². The molecule has 1 heterocycles. The molecule has 0 amide bonds. The summed E-state index contributed by atoms with van der Waals surface area (Å²) >= 11 is 1.56. The van der Waals surface area contributed by atoms with Crippen LogP contribution in [0.5, 0.6) is 0 Å². The molecule has 1 unspecified atom stereocenters. The smallest absolute Gasteiger partial charge is 0.165 e. The third kappa shape index (κ3) is 2.10. The summed E-state index contributed by atoms with van der Waals surface area (Å²) in [6.45, 7) is 0.497. The highest BCUT2D eigenvalue weighted by Crippen LogP contribution is 2.38. The van der Waals surface area contributed by atoms with Crippen LogP contribution in [0.1, 0.15) is 5.56 Å². The van der Waals surface area contributed by atoms with E-state index in [1.165, 1.54) is 0 Å². The molecule has 18 heavy (non-hydrogen) atoms. The molecule has 92 valence electrons. The van der Waals surface area contributed by atoms with Crippen LogP contribution in [0.4, 0.5) is 0 Å². The third-order valence-electron chi connectivity index (χ3n) is 2.97. The first kappa shape index (κ1) is 11.6. The standard InChI is InChI=1S/C14H14N2OS/c15-14(17-10-11-5-2-1-3-6-11)8-4-7-13-12(14)9-16-18-13/h1-9,16H,10,15H2. The van der Waals surface area contributed by atoms with E-state index in [1.807, 2.05) is 54.8 Å². The minimum atomic E-state index is -0.837. The van der Waals surface area contributed by atoms with Gasteiger partial charge in [0.15, 0.2) is 5.72 Å². The Morgan fingerprint density at radius 2 is 2.11 bits per heavy atom. The fourth-order valence-corrected chi connectivity index (χ4v) is 2.76. The van der Waals surface area contributed by atoms with Crippen molar-refractivity contribution >= 4 is 11.9 Å². The zero-order chi connectivity index (χ0) is 12.4. The number of ether oxygens (including phenoxy) is 1. The number of nitrogens with two attached hydrogens (primary N) is 1. The first-order chi connectivity index (χ1) is 8.78. The molecule has 0 aromatic heterocycles. The van der Waals surface area contributed by atoms with E-state index in [2.05, 4.69) is 4.72 Å². The largest absolute Gasteiger partial charge is 0.348 e. The first-order valence-electron chi connectivity index (χ1n) is 5.78. The lowest BCUT2D eigenvalue weighted by Crippen LogP contribution is -2.43. The summed E-state index contributed by atoms with van der Waals surface area (Å²) in [5.74, 6) is 0. The van der Waals surface area contributed by atoms with E-state index in [0.29, 0.717) is 6.61 Å². The molecule has 1 aliphatic heterocycles. The van der Waals surface area contributed by atoms with E-state index in [4.69, 9.17) is 10.5 Å². The Morgan fingerprint density at radius 1 is 1.28 bits per heavy atom. The van der Waals surface area contributed by atoms with Gasteiger partial charge in [-0.05, 0) is 29.7 Å². The van der Waals surface area contributed by atoms with Crippen LogP contribution in [-0.2, 0) is 11.3 Å². The highest BCUT2D eigenvalue weighted by molar-refractivity contribution is 8.01. The zero-order valence-electron chi connectivity index (χ0n) is 9.80. The monoisotopic (exact) mass is 258 g/mol. The van der Waals surface area contributed by atoms with Crippen LogP contribution in [0, 0.1) is 0 Å². The van der Waals surface area contributed by atoms with E-state index in [-0.39, 0.29) is 0 Å². The zero-order valence-corrected chi connectivity index (χ0v) is 10.6. The Labute approximate surface area is 111 Å². The molecule has 4 heteroatoms. The summed E-state index contributed by atoms with van der Waals surface area (Å²) in [5.41, 5.74) is 7.59. The predicted octanol–water partition coefficient (Wildman–Crippen LogP) is 2.45. The number of rotatable bonds is 3. The third-order valence-corrected chi connectivity index (χ3v) is 3.78. The molecule has 3 nitrogen and oxygen atoms in total. The maximum absolute atomic E-state index is 6.32. The van der Waals surface area contributed by atoms with Gasteiger partial charge in [0, 0.05) is 16.7 Å². The molecular weight excluding hydrogens is 244 g/mol. The second-order valence-electron chi connectivity index (χ2n) is 4.24. The molecule has 2 aliphatic rings. The van der Waals surface area contributed by atoms with Gasteiger partial charge in [-0.15, -0.1) is 0 Å². The number of benzene rings is 1. The van der Waals surface area contributed by atoms with Crippen LogP contribution in [0.2, 0.25) is 0 Å². The minimum Gasteiger partial charge on any atom is -0.348 e. The van der Waals surface area contributed by atoms with Gasteiger partial charge in [-0.25, -0.2) is 0 Å². The van der Waals surface area contributed by atoms with Crippen LogP contribution in [0.15, 0.2) is 65.2 Å². The number of hydrogen-bond acceptors (Lipinski definition) is 4. The average molecular weight is 258 g/mol. The van der Waals surface area contributed by atoms with Crippen molar-refractivity contribution in [2.45, 2.75) is 12.3 Å². The minimum absolute atomic E-state index is 0.497. The number of allylic oxidation sites excluding steroid dienone is 2. The summed E-state index contributed by atoms with van der Waals surface area (Å²) < 4.78 is 9.00. The lowest BCUT2D eigenvalue weighted by molar-refractivity contribution is 0.0126. The summed E-state index contributed by atoms with van der Waals surface area (Å²) in [6.07, 6.45) is 7.77. The molecule has 1 aromatic rings. The summed E-state index contributed by atoms with van der Waals surface area (Å²) in [4.78, 5) is 1.12. The van der Waals surface area contributed by atoms with Crippen molar-refractivity contribution in [2.24, 2.45) is 5.73 Å². The number of hydrogen-bond donors (Lipinski definition) is 2. The summed E-state index contributed by atoms with van der Waals surface area (Å²) in [5, 5.41) is 0. The van der Waals surface area contributed by atoms with Crippen LogP contribution in [-0.4, -0.2) is 5.72 Å². The Bertz CT molecular complexity index is 536. The Morgan fingerprint density at radius 3 is 2.94 bits per heavy atom. The lowest BCUT2D eigenvalue weighted by Gasteiger charge is -2.29. The van der Waals surface area contributed by atoms with Gasteiger partial charge in [-0.2, -0.15) is 0 Å². The van der Waals surface area contributed by atoms with E-state index in [9.17, 15) is 0 Å². The Hall–Kier alpha value is -1.49. The maximum Gasteiger partial charge on any atom is 0.165 e. The lowest BCUT2D eigenvalue weighted by atomic mass is 9.99. The van der Waals surface area contributed by atoms with E-state index in [1.54, 1.807) is 11.9 Å². The van der Waals surface area contributed by atoms with E-state index < -0.39 is 5.72 Å². The average Bonchev–Trinajstić information content (AvgIpc) is 2.88. The van der Waals surface area contributed by atoms with Crippen LogP contribution >= 0.6 is 11.9 Å². The number of fused-ring (bicyclic) bond motifs is 1. The van der Waals surface area contributed by atoms with Crippen molar-refractivity contribution < 1.29 is 4.74 Å². The molecule has 3 N–H and O–H groups in total. The quantitative estimate of drug-likeness (QED) is 0.646. The molecule has 1 atom stereocenters. The van der Waals surface area contributed by atoms with Crippen molar-refractivity contribution in [1.29, 1.82) is 0 Å². The fourth-order valence-electron chi connectivity index (χ4n) is 1.98. The molecule has 0 fully saturated rings. The highest BCUT2D eigenvalue weighted by Gasteiger charge is 2.34. The molecule has 3 rings (SSSR count). The molecule has 0 radical (unpaired) electrons. The Kier molecular flexibility index (Phi) is 2.99. The van der Waals surface area contributed by atoms with E-state index in [0.717, 1.165) is 16.0 Å². The van der Waals surface area contributed by atoms with Gasteiger partial charge in [0.2, 0.25) is 0 Å². The second kappa shape index (κ2) is 4.65. The van der Waals surface area contributed by atoms with Crippen LogP contribution < -0.4 is 10.5 Å². The van der Waals surface area contributed by atoms with E-state index >= 15 is 0 Å². The first-order valence-corrected chi connectivity index (χ1v) is 6.59. The molecular formula is C14H14N2OS. The molecule has 0 saturated heterocycles. The molecule has 0 bridgehead atoms. The van der Waals surface area contributed by atoms with Gasteiger partial charge in [-0.1, -0.05) is 36.4 Å². The molecule has 1 aromatic carbocycles. The van der Waals surface area contributed by atoms with Crippen molar-refractivity contribution in [3.8, 4) is 0 Å². The Balaban J connectivity index is 1.76. The molecule has 0 spiro atoms. The fraction of sp³-hybridized carbons (Fsp3) is 0.143. The SMILES string of the molecule is NC1(OCc2ccccc2)C=CC=C2SNC=C21. The van der Waals surface area contributed by atoms with Gasteiger partial charge in [0.05, 0.1) is 6.61 Å². The second-order valence-corrected chi connectivity index (χ2v) is 5.11. The van der Waals surface area contributed by atoms with Gasteiger partial charge < -0.3 is 9.46 Å². The normalized spacial score (nSPS) is 25.2. The summed E-state index contributed by atoms with van der Waals surface area (Å²) in [6, 6.07) is 10.0.